The molecule has 0 atom stereocenters. The predicted octanol–water partition coefficient (Wildman–Crippen LogP) is 4.28. The van der Waals surface area contributed by atoms with Crippen molar-refractivity contribution in [3.63, 3.8) is 0 Å². The van der Waals surface area contributed by atoms with Crippen LogP contribution in [0.2, 0.25) is 0 Å². The van der Waals surface area contributed by atoms with Gasteiger partial charge in [0.05, 0.1) is 0 Å². The lowest BCUT2D eigenvalue weighted by molar-refractivity contribution is -0.115. The highest BCUT2D eigenvalue weighted by molar-refractivity contribution is 5.94. The first-order valence-corrected chi connectivity index (χ1v) is 7.39. The highest BCUT2D eigenvalue weighted by atomic mass is 16.1. The number of carbonyl (C=O) groups excluding carboxylic acids is 1. The van der Waals surface area contributed by atoms with E-state index in [0.29, 0.717) is 13.0 Å². The van der Waals surface area contributed by atoms with Gasteiger partial charge in [0.2, 0.25) is 5.91 Å². The van der Waals surface area contributed by atoms with E-state index >= 15 is 0 Å². The van der Waals surface area contributed by atoms with Gasteiger partial charge >= 0.3 is 0 Å². The zero-order valence-corrected chi connectivity index (χ0v) is 12.3. The van der Waals surface area contributed by atoms with Crippen molar-refractivity contribution in [1.82, 2.24) is 0 Å². The number of hydrogen-bond donors (Lipinski definition) is 2. The third-order valence-electron chi connectivity index (χ3n) is 3.49. The first kappa shape index (κ1) is 14.1. The minimum atomic E-state index is 0.0127. The quantitative estimate of drug-likeness (QED) is 0.736. The molecule has 0 saturated carbocycles. The maximum Gasteiger partial charge on any atom is 0.226 e. The van der Waals surface area contributed by atoms with Crippen LogP contribution < -0.4 is 10.6 Å². The number of anilines is 2. The highest BCUT2D eigenvalue weighted by Crippen LogP contribution is 2.18. The van der Waals surface area contributed by atoms with Gasteiger partial charge in [-0.25, -0.2) is 0 Å². The van der Waals surface area contributed by atoms with Gasteiger partial charge in [-0.05, 0) is 35.0 Å². The molecular weight excluding hydrogens is 272 g/mol. The van der Waals surface area contributed by atoms with Crippen LogP contribution in [0.1, 0.15) is 6.42 Å². The minimum Gasteiger partial charge on any atom is -0.385 e. The van der Waals surface area contributed by atoms with Gasteiger partial charge in [-0.2, -0.15) is 0 Å². The Morgan fingerprint density at radius 3 is 2.32 bits per heavy atom. The second kappa shape index (κ2) is 6.76. The third kappa shape index (κ3) is 3.64. The topological polar surface area (TPSA) is 41.1 Å². The molecule has 0 heterocycles. The van der Waals surface area contributed by atoms with E-state index in [9.17, 15) is 4.79 Å². The molecule has 0 aliphatic rings. The van der Waals surface area contributed by atoms with Crippen LogP contribution >= 0.6 is 0 Å². The van der Waals surface area contributed by atoms with Gasteiger partial charge in [0.1, 0.15) is 0 Å². The normalized spacial score (nSPS) is 10.4. The number of nitrogens with one attached hydrogen (secondary N) is 2. The molecule has 3 nitrogen and oxygen atoms in total. The summed E-state index contributed by atoms with van der Waals surface area (Å²) in [7, 11) is 0. The largest absolute Gasteiger partial charge is 0.385 e. The zero-order chi connectivity index (χ0) is 15.2. The molecule has 0 aromatic heterocycles. The molecule has 3 rings (SSSR count). The van der Waals surface area contributed by atoms with Crippen LogP contribution in [0.3, 0.4) is 0 Å². The van der Waals surface area contributed by atoms with Crippen LogP contribution in [0.25, 0.3) is 10.8 Å². The number of carbonyl (C=O) groups is 1. The molecule has 0 spiro atoms. The molecule has 1 amide bonds. The molecule has 3 aromatic rings. The number of para-hydroxylation sites is 1. The van der Waals surface area contributed by atoms with Crippen LogP contribution in [0.4, 0.5) is 11.4 Å². The summed E-state index contributed by atoms with van der Waals surface area (Å²) in [6.45, 7) is 0.615. The molecule has 0 aliphatic carbocycles. The van der Waals surface area contributed by atoms with E-state index in [-0.39, 0.29) is 5.91 Å². The summed E-state index contributed by atoms with van der Waals surface area (Å²) in [5, 5.41) is 8.47. The van der Waals surface area contributed by atoms with E-state index in [4.69, 9.17) is 0 Å². The first-order chi connectivity index (χ1) is 10.8. The molecule has 0 radical (unpaired) electrons. The number of amides is 1. The van der Waals surface area contributed by atoms with Crippen molar-refractivity contribution >= 4 is 28.1 Å². The molecule has 0 unspecified atom stereocenters. The Morgan fingerprint density at radius 2 is 1.50 bits per heavy atom. The van der Waals surface area contributed by atoms with E-state index in [2.05, 4.69) is 16.7 Å². The van der Waals surface area contributed by atoms with Crippen molar-refractivity contribution in [2.75, 3.05) is 17.2 Å². The zero-order valence-electron chi connectivity index (χ0n) is 12.3. The monoisotopic (exact) mass is 290 g/mol. The van der Waals surface area contributed by atoms with Gasteiger partial charge < -0.3 is 10.6 Å². The molecule has 3 aromatic carbocycles. The first-order valence-electron chi connectivity index (χ1n) is 7.39. The standard InChI is InChI=1S/C19H18N2O/c22-19(12-13-20-17-8-2-1-3-9-17)21-18-11-10-15-6-4-5-7-16(15)14-18/h1-11,14,20H,12-13H2,(H,21,22). The number of hydrogen-bond acceptors (Lipinski definition) is 2. The smallest absolute Gasteiger partial charge is 0.226 e. The summed E-state index contributed by atoms with van der Waals surface area (Å²) in [5.41, 5.74) is 1.87. The van der Waals surface area contributed by atoms with Gasteiger partial charge in [-0.1, -0.05) is 48.5 Å². The lowest BCUT2D eigenvalue weighted by Gasteiger charge is -2.08. The van der Waals surface area contributed by atoms with Crippen molar-refractivity contribution in [2.45, 2.75) is 6.42 Å². The van der Waals surface area contributed by atoms with E-state index in [1.54, 1.807) is 0 Å². The van der Waals surface area contributed by atoms with Gasteiger partial charge in [0.15, 0.2) is 0 Å². The lowest BCUT2D eigenvalue weighted by atomic mass is 10.1. The molecule has 0 fully saturated rings. The maximum absolute atomic E-state index is 12.0. The van der Waals surface area contributed by atoms with Crippen molar-refractivity contribution in [2.24, 2.45) is 0 Å². The van der Waals surface area contributed by atoms with E-state index < -0.39 is 0 Å². The Hall–Kier alpha value is -2.81. The second-order valence-electron chi connectivity index (χ2n) is 5.15. The molecule has 22 heavy (non-hydrogen) atoms. The van der Waals surface area contributed by atoms with Crippen molar-refractivity contribution in [1.29, 1.82) is 0 Å². The number of fused-ring (bicyclic) bond motifs is 1. The summed E-state index contributed by atoms with van der Waals surface area (Å²) >= 11 is 0. The summed E-state index contributed by atoms with van der Waals surface area (Å²) in [5.74, 6) is 0.0127. The minimum absolute atomic E-state index is 0.0127. The molecule has 2 N–H and O–H groups in total. The van der Waals surface area contributed by atoms with Crippen LogP contribution in [0.15, 0.2) is 72.8 Å². The van der Waals surface area contributed by atoms with E-state index in [0.717, 1.165) is 16.8 Å². The Morgan fingerprint density at radius 1 is 0.773 bits per heavy atom. The fourth-order valence-corrected chi connectivity index (χ4v) is 2.37. The molecule has 110 valence electrons. The average molecular weight is 290 g/mol. The van der Waals surface area contributed by atoms with Crippen LogP contribution in [-0.4, -0.2) is 12.5 Å². The molecular formula is C19H18N2O. The third-order valence-corrected chi connectivity index (χ3v) is 3.49. The van der Waals surface area contributed by atoms with Gasteiger partial charge in [0.25, 0.3) is 0 Å². The fraction of sp³-hybridized carbons (Fsp3) is 0.105. The summed E-state index contributed by atoms with van der Waals surface area (Å²) in [4.78, 5) is 12.0. The Bertz CT molecular complexity index is 769. The van der Waals surface area contributed by atoms with Gasteiger partial charge in [-0.15, -0.1) is 0 Å². The molecule has 0 aliphatic heterocycles. The lowest BCUT2D eigenvalue weighted by Crippen LogP contribution is -2.16. The summed E-state index contributed by atoms with van der Waals surface area (Å²) in [6.07, 6.45) is 0.432. The Balaban J connectivity index is 1.54. The van der Waals surface area contributed by atoms with Crippen molar-refractivity contribution in [3.05, 3.63) is 72.8 Å². The van der Waals surface area contributed by atoms with E-state index in [1.165, 1.54) is 5.39 Å². The van der Waals surface area contributed by atoms with Gasteiger partial charge in [-0.3, -0.25) is 4.79 Å². The van der Waals surface area contributed by atoms with Crippen LogP contribution in [-0.2, 0) is 4.79 Å². The molecule has 0 saturated heterocycles. The molecule has 3 heteroatoms. The average Bonchev–Trinajstić information content (AvgIpc) is 2.56. The highest BCUT2D eigenvalue weighted by Gasteiger charge is 2.03. The van der Waals surface area contributed by atoms with E-state index in [1.807, 2.05) is 66.7 Å². The summed E-state index contributed by atoms with van der Waals surface area (Å²) < 4.78 is 0. The Labute approximate surface area is 130 Å². The number of rotatable bonds is 5. The predicted molar refractivity (Wildman–Crippen MR) is 92.1 cm³/mol. The number of benzene rings is 3. The van der Waals surface area contributed by atoms with Crippen LogP contribution in [0, 0.1) is 0 Å². The summed E-state index contributed by atoms with van der Waals surface area (Å²) in [6, 6.07) is 23.9. The van der Waals surface area contributed by atoms with Crippen LogP contribution in [0.5, 0.6) is 0 Å². The van der Waals surface area contributed by atoms with Gasteiger partial charge in [0, 0.05) is 24.3 Å². The second-order valence-corrected chi connectivity index (χ2v) is 5.15. The van der Waals surface area contributed by atoms with Crippen molar-refractivity contribution < 1.29 is 4.79 Å². The Kier molecular flexibility index (Phi) is 4.35. The van der Waals surface area contributed by atoms with Crippen molar-refractivity contribution in [3.8, 4) is 0 Å². The fourth-order valence-electron chi connectivity index (χ4n) is 2.37. The molecule has 0 bridgehead atoms. The maximum atomic E-state index is 12.0. The SMILES string of the molecule is O=C(CCNc1ccccc1)Nc1ccc2ccccc2c1.